The van der Waals surface area contributed by atoms with Crippen molar-refractivity contribution in [3.63, 3.8) is 0 Å². The Hall–Kier alpha value is -0.948. The van der Waals surface area contributed by atoms with Crippen molar-refractivity contribution in [3.05, 3.63) is 29.1 Å². The summed E-state index contributed by atoms with van der Waals surface area (Å²) in [5.74, 6) is -13.6. The Morgan fingerprint density at radius 1 is 0.588 bits per heavy atom. The number of halogens is 9. The van der Waals surface area contributed by atoms with E-state index in [9.17, 15) is 34.8 Å². The van der Waals surface area contributed by atoms with E-state index in [4.69, 9.17) is 0 Å². The molecule has 1 aromatic carbocycles. The van der Waals surface area contributed by atoms with Crippen LogP contribution >= 0.6 is 0 Å². The molecule has 0 saturated heterocycles. The number of hydrogen-bond donors (Lipinski definition) is 0. The average Bonchev–Trinajstić information content (AvgIpc) is 2.16. The Labute approximate surface area is 90.0 Å². The molecule has 0 fully saturated rings. The third-order valence-corrected chi connectivity index (χ3v) is 2.92. The van der Waals surface area contributed by atoms with E-state index in [-0.39, 0.29) is 0 Å². The molecule has 0 aliphatic heterocycles. The van der Waals surface area contributed by atoms with Gasteiger partial charge in [-0.05, 0) is 0 Å². The van der Waals surface area contributed by atoms with Crippen LogP contribution in [0, 0.1) is 29.1 Å². The van der Waals surface area contributed by atoms with Crippen LogP contribution in [-0.4, -0.2) is 0 Å². The maximum absolute atomic E-state index is 12.7. The van der Waals surface area contributed by atoms with E-state index in [1.807, 2.05) is 0 Å². The van der Waals surface area contributed by atoms with Gasteiger partial charge in [0.1, 0.15) is 0 Å². The van der Waals surface area contributed by atoms with Gasteiger partial charge in [-0.1, -0.05) is 0 Å². The zero-order valence-corrected chi connectivity index (χ0v) is 9.94. The number of hydrogen-bond acceptors (Lipinski definition) is 1. The van der Waals surface area contributed by atoms with E-state index < -0.39 is 51.0 Å². The van der Waals surface area contributed by atoms with E-state index in [2.05, 4.69) is 0 Å². The fourth-order valence-corrected chi connectivity index (χ4v) is 2.25. The first-order valence-corrected chi connectivity index (χ1v) is 8.73. The third-order valence-electron chi connectivity index (χ3n) is 1.40. The summed E-state index contributed by atoms with van der Waals surface area (Å²) in [6.45, 7) is 0. The minimum absolute atomic E-state index is 1.12. The van der Waals surface area contributed by atoms with Crippen molar-refractivity contribution >= 4 is 5.69 Å². The zero-order valence-electron chi connectivity index (χ0n) is 7.23. The summed E-state index contributed by atoms with van der Waals surface area (Å²) in [6, 6.07) is 0. The molecular formula is C6F9NRe. The molecule has 0 aliphatic rings. The molecule has 0 heterocycles. The molecule has 0 amide bonds. The molecule has 11 heteroatoms. The van der Waals surface area contributed by atoms with Crippen LogP contribution in [0.1, 0.15) is 0 Å². The topological polar surface area (TPSA) is 12.4 Å². The second-order valence-electron chi connectivity index (χ2n) is 2.58. The number of nitrogens with zero attached hydrogens (tertiary/aromatic N) is 1. The second-order valence-corrected chi connectivity index (χ2v) is 7.35. The molecule has 0 aromatic heterocycles. The van der Waals surface area contributed by atoms with Gasteiger partial charge in [-0.25, -0.2) is 0 Å². The molecule has 0 unspecified atom stereocenters. The van der Waals surface area contributed by atoms with Crippen molar-refractivity contribution in [2.75, 3.05) is 0 Å². The normalized spacial score (nSPS) is 14.3. The van der Waals surface area contributed by atoms with E-state index in [1.165, 1.54) is 0 Å². The third kappa shape index (κ3) is 3.04. The predicted molar refractivity (Wildman–Crippen MR) is 32.8 cm³/mol. The van der Waals surface area contributed by atoms with Gasteiger partial charge in [-0.2, -0.15) is 0 Å². The van der Waals surface area contributed by atoms with Crippen molar-refractivity contribution in [1.29, 1.82) is 0 Å². The summed E-state index contributed by atoms with van der Waals surface area (Å²) in [5.41, 5.74) is -2.56. The molecule has 0 saturated carbocycles. The van der Waals surface area contributed by atoms with Gasteiger partial charge >= 0.3 is 89.4 Å². The summed E-state index contributed by atoms with van der Waals surface area (Å²) in [6.07, 6.45) is 0. The molecule has 0 radical (unpaired) electrons. The molecular weight excluding hydrogens is 443 g/mol. The van der Waals surface area contributed by atoms with E-state index in [0.29, 0.717) is 0 Å². The van der Waals surface area contributed by atoms with Crippen LogP contribution in [0.5, 0.6) is 0 Å². The molecule has 1 aromatic rings. The summed E-state index contributed by atoms with van der Waals surface area (Å²) >= 11 is -9.59. The summed E-state index contributed by atoms with van der Waals surface area (Å²) < 4.78 is 111. The van der Waals surface area contributed by atoms with Crippen molar-refractivity contribution in [2.45, 2.75) is 0 Å². The minimum atomic E-state index is -9.59. The zero-order chi connectivity index (χ0) is 13.6. The molecule has 0 N–H and O–H groups in total. The second kappa shape index (κ2) is 3.78. The van der Waals surface area contributed by atoms with E-state index in [1.54, 1.807) is 0 Å². The Morgan fingerprint density at radius 2 is 0.882 bits per heavy atom. The molecule has 1 rings (SSSR count). The molecule has 0 aliphatic carbocycles. The van der Waals surface area contributed by atoms with Crippen molar-refractivity contribution in [2.24, 2.45) is 3.57 Å². The summed E-state index contributed by atoms with van der Waals surface area (Å²) in [7, 11) is 0. The van der Waals surface area contributed by atoms with Crippen LogP contribution in [0.4, 0.5) is 40.5 Å². The van der Waals surface area contributed by atoms with Gasteiger partial charge in [-0.15, -0.1) is 0 Å². The van der Waals surface area contributed by atoms with Crippen molar-refractivity contribution < 1.29 is 51.0 Å². The molecule has 0 atom stereocenters. The Bertz CT molecular complexity index is 507. The van der Waals surface area contributed by atoms with Gasteiger partial charge in [0.25, 0.3) is 0 Å². The number of rotatable bonds is 1. The van der Waals surface area contributed by atoms with Crippen LogP contribution in [0.15, 0.2) is 3.57 Å². The Balaban J connectivity index is 3.76. The first kappa shape index (κ1) is 14.1. The fourth-order valence-electron chi connectivity index (χ4n) is 0.795. The van der Waals surface area contributed by atoms with Crippen LogP contribution in [-0.2, 0) is 16.2 Å². The molecule has 1 nitrogen and oxygen atoms in total. The molecule has 99 valence electrons. The van der Waals surface area contributed by atoms with Crippen LogP contribution < -0.4 is 0 Å². The quantitative estimate of drug-likeness (QED) is 0.346. The van der Waals surface area contributed by atoms with Gasteiger partial charge in [0.05, 0.1) is 0 Å². The summed E-state index contributed by atoms with van der Waals surface area (Å²) in [4.78, 5) is 0. The molecule has 0 spiro atoms. The monoisotopic (exact) mass is 444 g/mol. The Kier molecular flexibility index (Phi) is 3.14. The molecule has 0 bridgehead atoms. The van der Waals surface area contributed by atoms with Crippen molar-refractivity contribution in [3.8, 4) is 0 Å². The molecule has 17 heavy (non-hydrogen) atoms. The van der Waals surface area contributed by atoms with Crippen LogP contribution in [0.3, 0.4) is 0 Å². The van der Waals surface area contributed by atoms with Gasteiger partial charge < -0.3 is 0 Å². The average molecular weight is 443 g/mol. The first-order valence-electron chi connectivity index (χ1n) is 3.41. The van der Waals surface area contributed by atoms with E-state index >= 15 is 0 Å². The standard InChI is InChI=1S/C6F5N.4FH.Re/c7-1-2(8)4(10)6(12)5(11)3(1)9;;;;;/h;4*1H;/q;;;;;+4/p-4. The van der Waals surface area contributed by atoms with Gasteiger partial charge in [0, 0.05) is 0 Å². The first-order chi connectivity index (χ1) is 7.40. The maximum atomic E-state index is 12.7. The summed E-state index contributed by atoms with van der Waals surface area (Å²) in [5, 5.41) is 0. The number of benzene rings is 1. The fraction of sp³-hybridized carbons (Fsp3) is 0. The van der Waals surface area contributed by atoms with E-state index in [0.717, 1.165) is 3.57 Å². The van der Waals surface area contributed by atoms with Crippen LogP contribution in [0.25, 0.3) is 0 Å². The SMILES string of the molecule is Fc1c(F)c(F)c([N]=[Re]([F])([F])([F])[F])c(F)c1F. The van der Waals surface area contributed by atoms with Crippen LogP contribution in [0.2, 0.25) is 0 Å². The Morgan fingerprint density at radius 3 is 1.18 bits per heavy atom. The van der Waals surface area contributed by atoms with Gasteiger partial charge in [-0.3, -0.25) is 0 Å². The van der Waals surface area contributed by atoms with Crippen molar-refractivity contribution in [1.82, 2.24) is 0 Å². The predicted octanol–water partition coefficient (Wildman–Crippen LogP) is 4.42. The van der Waals surface area contributed by atoms with Gasteiger partial charge in [0.15, 0.2) is 0 Å². The van der Waals surface area contributed by atoms with Gasteiger partial charge in [0.2, 0.25) is 0 Å².